The number of aromatic nitrogens is 1. The van der Waals surface area contributed by atoms with Crippen molar-refractivity contribution >= 4 is 22.3 Å². The van der Waals surface area contributed by atoms with E-state index in [-0.39, 0.29) is 6.10 Å². The minimum atomic E-state index is -0.245. The Hall–Kier alpha value is -1.81. The monoisotopic (exact) mass is 245 g/mol. The Kier molecular flexibility index (Phi) is 3.99. The van der Waals surface area contributed by atoms with E-state index < -0.39 is 0 Å². The van der Waals surface area contributed by atoms with Crippen LogP contribution in [0.4, 0.5) is 11.4 Å². The number of nitrogens with two attached hydrogens (primary N) is 1. The van der Waals surface area contributed by atoms with Crippen LogP contribution in [-0.4, -0.2) is 22.7 Å². The lowest BCUT2D eigenvalue weighted by atomic mass is 10.1. The minimum absolute atomic E-state index is 0.245. The number of nitrogen functional groups attached to an aromatic ring is 1. The maximum atomic E-state index is 9.52. The van der Waals surface area contributed by atoms with Crippen LogP contribution in [0.3, 0.4) is 0 Å². The number of hydrogen-bond donors (Lipinski definition) is 3. The first-order valence-corrected chi connectivity index (χ1v) is 6.27. The number of hydrogen-bond acceptors (Lipinski definition) is 4. The average molecular weight is 245 g/mol. The van der Waals surface area contributed by atoms with Crippen LogP contribution in [0.15, 0.2) is 30.5 Å². The molecule has 0 saturated heterocycles. The van der Waals surface area contributed by atoms with Crippen LogP contribution >= 0.6 is 0 Å². The summed E-state index contributed by atoms with van der Waals surface area (Å²) in [6.07, 6.45) is 3.02. The van der Waals surface area contributed by atoms with E-state index in [1.54, 1.807) is 6.20 Å². The fraction of sp³-hybridized carbons (Fsp3) is 0.357. The molecular formula is C14H19N3O. The minimum Gasteiger partial charge on any atom is -0.398 e. The van der Waals surface area contributed by atoms with Gasteiger partial charge in [0.05, 0.1) is 17.3 Å². The zero-order chi connectivity index (χ0) is 13.0. The lowest BCUT2D eigenvalue weighted by molar-refractivity contribution is 0.164. The summed E-state index contributed by atoms with van der Waals surface area (Å²) >= 11 is 0. The number of nitrogens with one attached hydrogen (secondary N) is 1. The molecule has 4 nitrogen and oxygen atoms in total. The average Bonchev–Trinajstić information content (AvgIpc) is 2.41. The van der Waals surface area contributed by atoms with Gasteiger partial charge in [-0.1, -0.05) is 6.92 Å². The van der Waals surface area contributed by atoms with Gasteiger partial charge in [0, 0.05) is 23.8 Å². The van der Waals surface area contributed by atoms with Crippen LogP contribution in [-0.2, 0) is 0 Å². The van der Waals surface area contributed by atoms with E-state index in [0.717, 1.165) is 41.7 Å². The largest absolute Gasteiger partial charge is 0.398 e. The standard InChI is InChI=1S/C14H19N3O/c1-2-10(18)7-9-16-13-6-5-12(15)11-4-3-8-17-14(11)13/h3-6,8,10,16,18H,2,7,9,15H2,1H3. The lowest BCUT2D eigenvalue weighted by Gasteiger charge is -2.12. The Morgan fingerprint density at radius 3 is 3.00 bits per heavy atom. The summed E-state index contributed by atoms with van der Waals surface area (Å²) in [7, 11) is 0. The van der Waals surface area contributed by atoms with Crippen LogP contribution in [0.2, 0.25) is 0 Å². The topological polar surface area (TPSA) is 71.2 Å². The predicted octanol–water partition coefficient (Wildman–Crippen LogP) is 2.39. The molecule has 1 aromatic carbocycles. The first-order valence-electron chi connectivity index (χ1n) is 6.27. The summed E-state index contributed by atoms with van der Waals surface area (Å²) in [6.45, 7) is 2.70. The number of fused-ring (bicyclic) bond motifs is 1. The third-order valence-corrected chi connectivity index (χ3v) is 3.07. The van der Waals surface area contributed by atoms with Gasteiger partial charge in [0.1, 0.15) is 0 Å². The van der Waals surface area contributed by atoms with Crippen molar-refractivity contribution in [1.82, 2.24) is 4.98 Å². The fourth-order valence-electron chi connectivity index (χ4n) is 1.91. The predicted molar refractivity (Wildman–Crippen MR) is 75.6 cm³/mol. The first kappa shape index (κ1) is 12.6. The van der Waals surface area contributed by atoms with E-state index in [1.165, 1.54) is 0 Å². The normalized spacial score (nSPS) is 12.6. The van der Waals surface area contributed by atoms with Crippen LogP contribution in [0.5, 0.6) is 0 Å². The first-order chi connectivity index (χ1) is 8.72. The van der Waals surface area contributed by atoms with Crippen LogP contribution < -0.4 is 11.1 Å². The molecule has 0 aliphatic carbocycles. The molecule has 1 heterocycles. The summed E-state index contributed by atoms with van der Waals surface area (Å²) in [6, 6.07) is 7.65. The molecule has 0 saturated carbocycles. The number of rotatable bonds is 5. The van der Waals surface area contributed by atoms with Crippen molar-refractivity contribution in [3.8, 4) is 0 Å². The lowest BCUT2D eigenvalue weighted by Crippen LogP contribution is -2.12. The molecule has 0 bridgehead atoms. The van der Waals surface area contributed by atoms with Gasteiger partial charge in [-0.2, -0.15) is 0 Å². The van der Waals surface area contributed by atoms with Crippen molar-refractivity contribution in [3.63, 3.8) is 0 Å². The van der Waals surface area contributed by atoms with Gasteiger partial charge in [-0.05, 0) is 37.1 Å². The Balaban J connectivity index is 2.16. The third-order valence-electron chi connectivity index (χ3n) is 3.07. The molecule has 4 N–H and O–H groups in total. The van der Waals surface area contributed by atoms with Gasteiger partial charge < -0.3 is 16.2 Å². The Morgan fingerprint density at radius 1 is 1.39 bits per heavy atom. The summed E-state index contributed by atoms with van der Waals surface area (Å²) in [5.41, 5.74) is 8.49. The molecule has 2 aromatic rings. The molecule has 0 radical (unpaired) electrons. The molecule has 4 heteroatoms. The molecule has 1 aromatic heterocycles. The fourth-order valence-corrected chi connectivity index (χ4v) is 1.91. The molecule has 1 atom stereocenters. The zero-order valence-electron chi connectivity index (χ0n) is 10.6. The van der Waals surface area contributed by atoms with Gasteiger partial charge in [-0.25, -0.2) is 0 Å². The Morgan fingerprint density at radius 2 is 2.22 bits per heavy atom. The van der Waals surface area contributed by atoms with E-state index >= 15 is 0 Å². The second kappa shape index (κ2) is 5.69. The molecule has 0 fully saturated rings. The molecule has 0 aliphatic heterocycles. The number of pyridine rings is 1. The number of benzene rings is 1. The van der Waals surface area contributed by atoms with Crippen molar-refractivity contribution in [2.45, 2.75) is 25.9 Å². The van der Waals surface area contributed by atoms with Gasteiger partial charge >= 0.3 is 0 Å². The highest BCUT2D eigenvalue weighted by molar-refractivity contribution is 5.98. The maximum absolute atomic E-state index is 9.52. The summed E-state index contributed by atoms with van der Waals surface area (Å²) in [4.78, 5) is 4.35. The van der Waals surface area contributed by atoms with E-state index in [9.17, 15) is 5.11 Å². The van der Waals surface area contributed by atoms with Crippen LogP contribution in [0, 0.1) is 0 Å². The van der Waals surface area contributed by atoms with Gasteiger partial charge in [0.25, 0.3) is 0 Å². The summed E-state index contributed by atoms with van der Waals surface area (Å²) in [5.74, 6) is 0. The van der Waals surface area contributed by atoms with Crippen molar-refractivity contribution in [3.05, 3.63) is 30.5 Å². The number of nitrogens with zero attached hydrogens (tertiary/aromatic N) is 1. The smallest absolute Gasteiger partial charge is 0.0953 e. The molecule has 1 unspecified atom stereocenters. The molecule has 18 heavy (non-hydrogen) atoms. The molecular weight excluding hydrogens is 226 g/mol. The zero-order valence-corrected chi connectivity index (χ0v) is 10.6. The van der Waals surface area contributed by atoms with Gasteiger partial charge in [-0.15, -0.1) is 0 Å². The van der Waals surface area contributed by atoms with E-state index in [1.807, 2.05) is 31.2 Å². The Labute approximate surface area is 107 Å². The SMILES string of the molecule is CCC(O)CCNc1ccc(N)c2cccnc12. The van der Waals surface area contributed by atoms with E-state index in [4.69, 9.17) is 5.73 Å². The van der Waals surface area contributed by atoms with Gasteiger partial charge in [0.15, 0.2) is 0 Å². The molecule has 2 rings (SSSR count). The van der Waals surface area contributed by atoms with Crippen LogP contribution in [0.1, 0.15) is 19.8 Å². The number of aliphatic hydroxyl groups is 1. The molecule has 0 aliphatic rings. The van der Waals surface area contributed by atoms with Crippen LogP contribution in [0.25, 0.3) is 10.9 Å². The molecule has 96 valence electrons. The van der Waals surface area contributed by atoms with Crippen molar-refractivity contribution in [2.24, 2.45) is 0 Å². The highest BCUT2D eigenvalue weighted by atomic mass is 16.3. The van der Waals surface area contributed by atoms with Crippen molar-refractivity contribution < 1.29 is 5.11 Å². The maximum Gasteiger partial charge on any atom is 0.0953 e. The van der Waals surface area contributed by atoms with Gasteiger partial charge in [0.2, 0.25) is 0 Å². The van der Waals surface area contributed by atoms with E-state index in [2.05, 4.69) is 10.3 Å². The highest BCUT2D eigenvalue weighted by Gasteiger charge is 2.05. The number of anilines is 2. The van der Waals surface area contributed by atoms with Gasteiger partial charge in [-0.3, -0.25) is 4.98 Å². The molecule has 0 amide bonds. The second-order valence-electron chi connectivity index (χ2n) is 4.38. The summed E-state index contributed by atoms with van der Waals surface area (Å²) in [5, 5.41) is 13.8. The Bertz CT molecular complexity index is 527. The van der Waals surface area contributed by atoms with E-state index in [0.29, 0.717) is 0 Å². The quantitative estimate of drug-likeness (QED) is 0.707. The second-order valence-corrected chi connectivity index (χ2v) is 4.38. The number of aliphatic hydroxyl groups excluding tert-OH is 1. The summed E-state index contributed by atoms with van der Waals surface area (Å²) < 4.78 is 0. The highest BCUT2D eigenvalue weighted by Crippen LogP contribution is 2.26. The molecule has 0 spiro atoms. The van der Waals surface area contributed by atoms with Crippen molar-refractivity contribution in [1.29, 1.82) is 0 Å². The third kappa shape index (κ3) is 2.71. The van der Waals surface area contributed by atoms with Crippen molar-refractivity contribution in [2.75, 3.05) is 17.6 Å².